The van der Waals surface area contributed by atoms with Crippen molar-refractivity contribution in [2.75, 3.05) is 12.3 Å². The number of carbonyl (C=O) groups is 1. The molecule has 1 aliphatic rings. The van der Waals surface area contributed by atoms with E-state index in [2.05, 4.69) is 62.4 Å². The molecule has 0 saturated heterocycles. The predicted octanol–water partition coefficient (Wildman–Crippen LogP) is 7.15. The number of nitrogens with one attached hydrogen (secondary N) is 1. The summed E-state index contributed by atoms with van der Waals surface area (Å²) in [5, 5.41) is 3.53. The molecule has 2 aromatic rings. The lowest BCUT2D eigenvalue weighted by Gasteiger charge is -2.18. The molecule has 1 aliphatic heterocycles. The molecule has 3 rings (SSSR count). The van der Waals surface area contributed by atoms with E-state index in [1.807, 2.05) is 43.6 Å². The van der Waals surface area contributed by atoms with E-state index < -0.39 is 0 Å². The van der Waals surface area contributed by atoms with Gasteiger partial charge in [-0.2, -0.15) is 0 Å². The minimum Gasteiger partial charge on any atom is -0.383 e. The van der Waals surface area contributed by atoms with Crippen LogP contribution in [0.3, 0.4) is 0 Å². The number of Topliss-reactive ketones (excluding diaryl/α,β-unsaturated/α-hetero) is 1. The third kappa shape index (κ3) is 9.86. The molecular weight excluding hydrogens is 532 g/mol. The first-order chi connectivity index (χ1) is 17.5. The molecule has 0 amide bonds. The maximum Gasteiger partial charge on any atom is 0.143 e. The third-order valence-electron chi connectivity index (χ3n) is 5.88. The fourth-order valence-electron chi connectivity index (χ4n) is 3.94. The number of carbonyl (C=O) groups excluding carboxylic acids is 1. The Hall–Kier alpha value is -2.51. The number of hydrogen-bond acceptors (Lipinski definition) is 6. The molecule has 190 valence electrons. The molecular formula is C29H35BrN4OS. The van der Waals surface area contributed by atoms with Crippen LogP contribution < -0.4 is 5.32 Å². The molecule has 0 aliphatic carbocycles. The summed E-state index contributed by atoms with van der Waals surface area (Å²) in [6.45, 7) is 5.44. The number of ketones is 1. The van der Waals surface area contributed by atoms with Gasteiger partial charge in [0.15, 0.2) is 0 Å². The van der Waals surface area contributed by atoms with Gasteiger partial charge < -0.3 is 5.32 Å². The van der Waals surface area contributed by atoms with Gasteiger partial charge in [-0.1, -0.05) is 37.6 Å². The van der Waals surface area contributed by atoms with Gasteiger partial charge in [0.25, 0.3) is 0 Å². The van der Waals surface area contributed by atoms with Crippen LogP contribution in [0, 0.1) is 5.92 Å². The topological polar surface area (TPSA) is 66.7 Å². The highest BCUT2D eigenvalue weighted by molar-refractivity contribution is 9.12. The Morgan fingerprint density at radius 1 is 1.17 bits per heavy atom. The Balaban J connectivity index is 1.66. The summed E-state index contributed by atoms with van der Waals surface area (Å²) in [6.07, 6.45) is 12.1. The molecule has 1 unspecified atom stereocenters. The fourth-order valence-corrected chi connectivity index (χ4v) is 5.00. The van der Waals surface area contributed by atoms with E-state index in [1.54, 1.807) is 18.0 Å². The molecule has 0 fully saturated rings. The average molecular weight is 568 g/mol. The smallest absolute Gasteiger partial charge is 0.143 e. The lowest BCUT2D eigenvalue weighted by atomic mass is 9.90. The molecule has 36 heavy (non-hydrogen) atoms. The molecule has 1 aromatic carbocycles. The van der Waals surface area contributed by atoms with E-state index in [9.17, 15) is 4.79 Å². The molecule has 5 nitrogen and oxygen atoms in total. The maximum absolute atomic E-state index is 12.5. The molecule has 1 N–H and O–H groups in total. The Bertz CT molecular complexity index is 1100. The molecule has 0 radical (unpaired) electrons. The van der Waals surface area contributed by atoms with Crippen molar-refractivity contribution in [3.8, 4) is 0 Å². The largest absolute Gasteiger partial charge is 0.383 e. The van der Waals surface area contributed by atoms with Gasteiger partial charge in [-0.15, -0.1) is 11.8 Å². The Kier molecular flexibility index (Phi) is 12.1. The number of benzene rings is 1. The second kappa shape index (κ2) is 15.6. The van der Waals surface area contributed by atoms with Crippen molar-refractivity contribution in [3.63, 3.8) is 0 Å². The normalized spacial score (nSPS) is 19.8. The molecule has 1 atom stereocenters. The minimum absolute atomic E-state index is 0.285. The molecule has 0 spiro atoms. The van der Waals surface area contributed by atoms with Crippen molar-refractivity contribution >= 4 is 45.4 Å². The van der Waals surface area contributed by atoms with Crippen LogP contribution in [0.25, 0.3) is 0 Å². The van der Waals surface area contributed by atoms with Crippen molar-refractivity contribution in [3.05, 3.63) is 82.4 Å². The summed E-state index contributed by atoms with van der Waals surface area (Å²) < 4.78 is 0.894. The highest BCUT2D eigenvalue weighted by atomic mass is 79.9. The minimum atomic E-state index is 0.285. The van der Waals surface area contributed by atoms with E-state index in [1.165, 1.54) is 0 Å². The molecule has 1 aromatic heterocycles. The molecule has 7 heteroatoms. The number of hydrogen-bond donors (Lipinski definition) is 1. The van der Waals surface area contributed by atoms with Crippen LogP contribution in [0.5, 0.6) is 0 Å². The van der Waals surface area contributed by atoms with Crippen molar-refractivity contribution in [2.24, 2.45) is 15.9 Å². The van der Waals surface area contributed by atoms with Gasteiger partial charge in [0.2, 0.25) is 0 Å². The first kappa shape index (κ1) is 28.1. The Labute approximate surface area is 227 Å². The Morgan fingerprint density at radius 2 is 2.00 bits per heavy atom. The first-order valence-corrected chi connectivity index (χ1v) is 14.3. The van der Waals surface area contributed by atoms with Crippen molar-refractivity contribution in [2.45, 2.75) is 57.4 Å². The van der Waals surface area contributed by atoms with Crippen molar-refractivity contribution < 1.29 is 4.79 Å². The first-order valence-electron chi connectivity index (χ1n) is 12.5. The van der Waals surface area contributed by atoms with Gasteiger partial charge in [0, 0.05) is 53.8 Å². The number of nitrogens with zero attached hydrogens (tertiary/aromatic N) is 3. The fraction of sp³-hybridized carbons (Fsp3) is 0.379. The summed E-state index contributed by atoms with van der Waals surface area (Å²) in [6, 6.07) is 14.1. The van der Waals surface area contributed by atoms with Gasteiger partial charge in [0.05, 0.1) is 22.5 Å². The van der Waals surface area contributed by atoms with Gasteiger partial charge in [-0.25, -0.2) is 0 Å². The number of thioether (sulfide) groups is 1. The van der Waals surface area contributed by atoms with E-state index in [-0.39, 0.29) is 5.92 Å². The highest BCUT2D eigenvalue weighted by Gasteiger charge is 2.17. The molecule has 0 saturated carbocycles. The quantitative estimate of drug-likeness (QED) is 0.261. The number of halogens is 1. The highest BCUT2D eigenvalue weighted by Crippen LogP contribution is 2.23. The van der Waals surface area contributed by atoms with Gasteiger partial charge >= 0.3 is 0 Å². The standard InChI is InChI=1S/C29H35BrN4OS/c1-3-9-24(11-7-12-26(35)21-36-27-13-5-4-6-14-27)29-16-25(19-32-20-28(30)22(2)34-29)33-18-23-10-8-15-31-17-23/h4-6,8,10,13-17,20,24,33H,3,7,9,11-12,18-19,21H2,1-2H3/b25-16+,28-22-,32-20?,34-29+. The Morgan fingerprint density at radius 3 is 2.75 bits per heavy atom. The van der Waals surface area contributed by atoms with Gasteiger partial charge in [-0.05, 0) is 72.0 Å². The van der Waals surface area contributed by atoms with E-state index >= 15 is 0 Å². The zero-order chi connectivity index (χ0) is 25.6. The van der Waals surface area contributed by atoms with Crippen LogP contribution in [0.15, 0.2) is 91.7 Å². The maximum atomic E-state index is 12.5. The summed E-state index contributed by atoms with van der Waals surface area (Å²) in [7, 11) is 0. The molecule has 2 heterocycles. The lowest BCUT2D eigenvalue weighted by Crippen LogP contribution is -2.20. The van der Waals surface area contributed by atoms with Crippen LogP contribution in [-0.4, -0.2) is 35.0 Å². The number of rotatable bonds is 13. The lowest BCUT2D eigenvalue weighted by molar-refractivity contribution is -0.116. The number of aromatic nitrogens is 1. The van der Waals surface area contributed by atoms with Crippen molar-refractivity contribution in [1.82, 2.24) is 10.3 Å². The average Bonchev–Trinajstić information content (AvgIpc) is 2.96. The number of pyridine rings is 1. The van der Waals surface area contributed by atoms with Gasteiger partial charge in [-0.3, -0.25) is 19.8 Å². The van der Waals surface area contributed by atoms with Gasteiger partial charge in [0.1, 0.15) is 5.78 Å². The van der Waals surface area contributed by atoms with Crippen LogP contribution in [-0.2, 0) is 11.3 Å². The summed E-state index contributed by atoms with van der Waals surface area (Å²) in [5.74, 6) is 1.11. The van der Waals surface area contributed by atoms with Crippen LogP contribution in [0.2, 0.25) is 0 Å². The zero-order valence-corrected chi connectivity index (χ0v) is 23.5. The van der Waals surface area contributed by atoms with Crippen LogP contribution in [0.1, 0.15) is 51.5 Å². The number of aliphatic imine (C=N–C) groups is 2. The monoisotopic (exact) mass is 566 g/mol. The third-order valence-corrected chi connectivity index (χ3v) is 7.73. The van der Waals surface area contributed by atoms with E-state index in [4.69, 9.17) is 4.99 Å². The summed E-state index contributed by atoms with van der Waals surface area (Å²) in [5.41, 5.74) is 4.11. The zero-order valence-electron chi connectivity index (χ0n) is 21.1. The van der Waals surface area contributed by atoms with E-state index in [0.29, 0.717) is 31.0 Å². The number of allylic oxidation sites excluding steroid dienone is 3. The molecule has 0 bridgehead atoms. The summed E-state index contributed by atoms with van der Waals surface area (Å²) in [4.78, 5) is 27.5. The SMILES string of the molecule is CCCC(CCCC(=O)CSc1ccccc1)C1=N/C(C)=C(\Br)C=NC/C(NCc2cccnc2)=C\1. The van der Waals surface area contributed by atoms with Crippen molar-refractivity contribution in [1.29, 1.82) is 0 Å². The second-order valence-corrected chi connectivity index (χ2v) is 10.7. The van der Waals surface area contributed by atoms with Crippen LogP contribution in [0.4, 0.5) is 0 Å². The predicted molar refractivity (Wildman–Crippen MR) is 156 cm³/mol. The summed E-state index contributed by atoms with van der Waals surface area (Å²) >= 11 is 5.23. The second-order valence-electron chi connectivity index (χ2n) is 8.84. The van der Waals surface area contributed by atoms with Crippen LogP contribution >= 0.6 is 27.7 Å². The van der Waals surface area contributed by atoms with E-state index in [0.717, 1.165) is 57.7 Å².